The van der Waals surface area contributed by atoms with Gasteiger partial charge in [-0.25, -0.2) is 0 Å². The molecule has 0 aromatic heterocycles. The summed E-state index contributed by atoms with van der Waals surface area (Å²) in [7, 11) is 0. The van der Waals surface area contributed by atoms with Crippen LogP contribution < -0.4 is 4.74 Å². The van der Waals surface area contributed by atoms with Gasteiger partial charge in [-0.05, 0) is 42.7 Å². The lowest BCUT2D eigenvalue weighted by Crippen LogP contribution is -2.39. The van der Waals surface area contributed by atoms with Crippen LogP contribution in [0.5, 0.6) is 11.5 Å². The maximum Gasteiger partial charge on any atom is 0.318 e. The average molecular weight is 486 g/mol. The summed E-state index contributed by atoms with van der Waals surface area (Å²) in [5.41, 5.74) is -0.244. The zero-order chi connectivity index (χ0) is 23.5. The largest absolute Gasteiger partial charge is 0.450 e. The molecule has 0 radical (unpaired) electrons. The van der Waals surface area contributed by atoms with Gasteiger partial charge < -0.3 is 4.74 Å². The van der Waals surface area contributed by atoms with E-state index in [0.29, 0.717) is 20.5 Å². The van der Waals surface area contributed by atoms with Crippen LogP contribution >= 0.6 is 24.0 Å². The standard InChI is InChI=1S/C22H19N3O6S2/c26-21-20(33-22(32)23(21)15-6-2-1-3-7-15)12-14-5-4-8-17(11-14)31-19-10-9-16(24(27)28)13-18(19)25(29)30/h4-5,8-13,15H,1-3,6-7H2/b20-12+. The van der Waals surface area contributed by atoms with Crippen molar-refractivity contribution in [3.05, 3.63) is 73.2 Å². The van der Waals surface area contributed by atoms with E-state index in [9.17, 15) is 25.0 Å². The smallest absolute Gasteiger partial charge is 0.318 e. The average Bonchev–Trinajstić information content (AvgIpc) is 3.07. The van der Waals surface area contributed by atoms with Gasteiger partial charge in [0.25, 0.3) is 11.6 Å². The molecule has 0 bridgehead atoms. The summed E-state index contributed by atoms with van der Waals surface area (Å²) in [5, 5.41) is 22.3. The highest BCUT2D eigenvalue weighted by Gasteiger charge is 2.37. The molecule has 0 N–H and O–H groups in total. The van der Waals surface area contributed by atoms with Crippen LogP contribution in [0.25, 0.3) is 6.08 Å². The molecule has 1 aliphatic carbocycles. The third-order valence-electron chi connectivity index (χ3n) is 5.50. The molecule has 33 heavy (non-hydrogen) atoms. The molecule has 0 unspecified atom stereocenters. The van der Waals surface area contributed by atoms with Crippen LogP contribution in [0.1, 0.15) is 37.7 Å². The van der Waals surface area contributed by atoms with Gasteiger partial charge in [0, 0.05) is 12.1 Å². The van der Waals surface area contributed by atoms with Crippen LogP contribution in [0.15, 0.2) is 47.4 Å². The second-order valence-corrected chi connectivity index (χ2v) is 9.36. The van der Waals surface area contributed by atoms with Gasteiger partial charge >= 0.3 is 5.69 Å². The number of thioether (sulfide) groups is 1. The Bertz CT molecular complexity index is 1180. The predicted molar refractivity (Wildman–Crippen MR) is 128 cm³/mol. The minimum absolute atomic E-state index is 0.103. The summed E-state index contributed by atoms with van der Waals surface area (Å²) in [4.78, 5) is 36.1. The molecule has 2 aliphatic rings. The molecule has 1 aliphatic heterocycles. The highest BCUT2D eigenvalue weighted by Crippen LogP contribution is 2.38. The van der Waals surface area contributed by atoms with E-state index in [4.69, 9.17) is 17.0 Å². The van der Waals surface area contributed by atoms with Crippen molar-refractivity contribution in [2.24, 2.45) is 0 Å². The van der Waals surface area contributed by atoms with Crippen LogP contribution in [-0.2, 0) is 4.79 Å². The quantitative estimate of drug-likeness (QED) is 0.217. The van der Waals surface area contributed by atoms with Gasteiger partial charge in [0.1, 0.15) is 10.1 Å². The molecule has 2 fully saturated rings. The predicted octanol–water partition coefficient (Wildman–Crippen LogP) is 5.83. The zero-order valence-corrected chi connectivity index (χ0v) is 19.0. The van der Waals surface area contributed by atoms with E-state index < -0.39 is 21.2 Å². The molecule has 0 atom stereocenters. The highest BCUT2D eigenvalue weighted by molar-refractivity contribution is 8.26. The van der Waals surface area contributed by atoms with Crippen LogP contribution in [0, 0.1) is 20.2 Å². The number of benzene rings is 2. The summed E-state index contributed by atoms with van der Waals surface area (Å²) in [6.07, 6.45) is 7.00. The number of rotatable bonds is 6. The van der Waals surface area contributed by atoms with Gasteiger partial charge in [0.15, 0.2) is 0 Å². The Kier molecular flexibility index (Phi) is 6.70. The Morgan fingerprint density at radius 3 is 2.52 bits per heavy atom. The van der Waals surface area contributed by atoms with Gasteiger partial charge in [-0.15, -0.1) is 0 Å². The molecular weight excluding hydrogens is 466 g/mol. The first-order valence-corrected chi connectivity index (χ1v) is 11.5. The van der Waals surface area contributed by atoms with Crippen molar-refractivity contribution in [1.82, 2.24) is 4.90 Å². The van der Waals surface area contributed by atoms with E-state index in [0.717, 1.165) is 37.8 Å². The monoisotopic (exact) mass is 485 g/mol. The minimum Gasteiger partial charge on any atom is -0.450 e. The zero-order valence-electron chi connectivity index (χ0n) is 17.3. The highest BCUT2D eigenvalue weighted by atomic mass is 32.2. The van der Waals surface area contributed by atoms with E-state index in [-0.39, 0.29) is 17.7 Å². The molecule has 0 spiro atoms. The molecule has 1 saturated carbocycles. The molecule has 2 aromatic carbocycles. The second kappa shape index (κ2) is 9.67. The van der Waals surface area contributed by atoms with Crippen molar-refractivity contribution < 1.29 is 19.4 Å². The molecule has 1 amide bonds. The third-order valence-corrected chi connectivity index (χ3v) is 6.83. The van der Waals surface area contributed by atoms with Gasteiger partial charge in [-0.3, -0.25) is 29.9 Å². The number of nitrogens with zero attached hydrogens (tertiary/aromatic N) is 3. The lowest BCUT2D eigenvalue weighted by atomic mass is 9.94. The van der Waals surface area contributed by atoms with Crippen molar-refractivity contribution in [3.8, 4) is 11.5 Å². The number of ether oxygens (including phenoxy) is 1. The SMILES string of the molecule is O=C1/C(=C\c2cccc(Oc3ccc([N+](=O)[O-])cc3[N+](=O)[O-])c2)SC(=S)N1C1CCCCC1. The molecule has 4 rings (SSSR count). The number of non-ortho nitro benzene ring substituents is 1. The number of carbonyl (C=O) groups excluding carboxylic acids is 1. The second-order valence-electron chi connectivity index (χ2n) is 7.68. The number of amides is 1. The minimum atomic E-state index is -0.733. The van der Waals surface area contributed by atoms with Crippen LogP contribution in [0.4, 0.5) is 11.4 Å². The number of hydrogen-bond acceptors (Lipinski definition) is 8. The molecule has 1 saturated heterocycles. The van der Waals surface area contributed by atoms with Gasteiger partial charge in [-0.1, -0.05) is 55.4 Å². The number of nitro groups is 2. The van der Waals surface area contributed by atoms with Crippen molar-refractivity contribution in [3.63, 3.8) is 0 Å². The maximum absolute atomic E-state index is 13.0. The maximum atomic E-state index is 13.0. The number of thiocarbonyl (C=S) groups is 1. The van der Waals surface area contributed by atoms with E-state index in [1.54, 1.807) is 35.2 Å². The Morgan fingerprint density at radius 1 is 1.06 bits per heavy atom. The fourth-order valence-corrected chi connectivity index (χ4v) is 5.33. The summed E-state index contributed by atoms with van der Waals surface area (Å²) >= 11 is 6.73. The topological polar surface area (TPSA) is 116 Å². The molecule has 170 valence electrons. The van der Waals surface area contributed by atoms with Gasteiger partial charge in [0.2, 0.25) is 5.75 Å². The van der Waals surface area contributed by atoms with Crippen molar-refractivity contribution in [2.75, 3.05) is 0 Å². The molecular formula is C22H19N3O6S2. The van der Waals surface area contributed by atoms with Gasteiger partial charge in [0.05, 0.1) is 20.8 Å². The van der Waals surface area contributed by atoms with Crippen LogP contribution in [0.3, 0.4) is 0 Å². The molecule has 2 aromatic rings. The Labute approximate surface area is 198 Å². The molecule has 1 heterocycles. The fourth-order valence-electron chi connectivity index (χ4n) is 3.93. The summed E-state index contributed by atoms with van der Waals surface area (Å²) in [6.45, 7) is 0. The number of nitro benzene ring substituents is 2. The van der Waals surface area contributed by atoms with E-state index in [2.05, 4.69) is 0 Å². The Balaban J connectivity index is 1.56. The summed E-state index contributed by atoms with van der Waals surface area (Å²) in [6, 6.07) is 10.1. The van der Waals surface area contributed by atoms with Crippen molar-refractivity contribution >= 4 is 51.7 Å². The molecule has 11 heteroatoms. The summed E-state index contributed by atoms with van der Waals surface area (Å²) in [5.74, 6) is 0.0732. The fraction of sp³-hybridized carbons (Fsp3) is 0.273. The lowest BCUT2D eigenvalue weighted by molar-refractivity contribution is -0.394. The van der Waals surface area contributed by atoms with Crippen LogP contribution in [0.2, 0.25) is 0 Å². The Hall–Kier alpha value is -3.31. The van der Waals surface area contributed by atoms with Gasteiger partial charge in [-0.2, -0.15) is 0 Å². The first kappa shape index (κ1) is 22.9. The normalized spacial score (nSPS) is 18.1. The van der Waals surface area contributed by atoms with E-state index >= 15 is 0 Å². The first-order valence-electron chi connectivity index (χ1n) is 10.3. The van der Waals surface area contributed by atoms with Crippen molar-refractivity contribution in [2.45, 2.75) is 38.1 Å². The number of carbonyl (C=O) groups is 1. The van der Waals surface area contributed by atoms with E-state index in [1.807, 2.05) is 0 Å². The lowest BCUT2D eigenvalue weighted by Gasteiger charge is -2.29. The van der Waals surface area contributed by atoms with Crippen LogP contribution in [-0.4, -0.2) is 31.0 Å². The summed E-state index contributed by atoms with van der Waals surface area (Å²) < 4.78 is 6.22. The third kappa shape index (κ3) is 5.04. The number of hydrogen-bond donors (Lipinski definition) is 0. The van der Waals surface area contributed by atoms with Crippen molar-refractivity contribution in [1.29, 1.82) is 0 Å². The molecule has 9 nitrogen and oxygen atoms in total. The first-order chi connectivity index (χ1) is 15.8. The van der Waals surface area contributed by atoms with E-state index in [1.165, 1.54) is 24.2 Å². The Morgan fingerprint density at radius 2 is 1.82 bits per heavy atom.